The zero-order valence-corrected chi connectivity index (χ0v) is 19.4. The van der Waals surface area contributed by atoms with Crippen molar-refractivity contribution >= 4 is 27.3 Å². The van der Waals surface area contributed by atoms with Gasteiger partial charge in [-0.05, 0) is 61.7 Å². The molecular formula is C24H25FN2O3S2. The molecule has 1 aliphatic carbocycles. The van der Waals surface area contributed by atoms with Gasteiger partial charge in [-0.2, -0.15) is 4.31 Å². The van der Waals surface area contributed by atoms with Gasteiger partial charge in [-0.1, -0.05) is 30.3 Å². The van der Waals surface area contributed by atoms with Crippen molar-refractivity contribution in [3.63, 3.8) is 0 Å². The lowest BCUT2D eigenvalue weighted by molar-refractivity contribution is -0.132. The summed E-state index contributed by atoms with van der Waals surface area (Å²) in [5.41, 5.74) is 0.980. The van der Waals surface area contributed by atoms with Crippen LogP contribution >= 0.6 is 11.3 Å². The van der Waals surface area contributed by atoms with E-state index in [2.05, 4.69) is 0 Å². The van der Waals surface area contributed by atoms with E-state index in [1.54, 1.807) is 16.2 Å². The minimum Gasteiger partial charge on any atom is -0.332 e. The number of nitrogens with zero attached hydrogens (tertiary/aromatic N) is 2. The Morgan fingerprint density at radius 3 is 2.28 bits per heavy atom. The summed E-state index contributed by atoms with van der Waals surface area (Å²) in [5.74, 6) is -0.754. The van der Waals surface area contributed by atoms with Crippen LogP contribution in [0.2, 0.25) is 0 Å². The van der Waals surface area contributed by atoms with Gasteiger partial charge >= 0.3 is 0 Å². The van der Waals surface area contributed by atoms with Crippen molar-refractivity contribution < 1.29 is 17.6 Å². The van der Waals surface area contributed by atoms with Crippen LogP contribution in [0.25, 0.3) is 0 Å². The van der Waals surface area contributed by atoms with Crippen molar-refractivity contribution in [2.24, 2.45) is 0 Å². The number of aryl methyl sites for hydroxylation is 1. The molecule has 1 heterocycles. The van der Waals surface area contributed by atoms with E-state index in [0.717, 1.165) is 40.3 Å². The van der Waals surface area contributed by atoms with Gasteiger partial charge in [-0.25, -0.2) is 12.8 Å². The van der Waals surface area contributed by atoms with Crippen LogP contribution in [0.5, 0.6) is 0 Å². The Morgan fingerprint density at radius 1 is 1.00 bits per heavy atom. The fourth-order valence-electron chi connectivity index (χ4n) is 3.54. The van der Waals surface area contributed by atoms with Gasteiger partial charge in [0.2, 0.25) is 15.9 Å². The number of rotatable bonds is 9. The van der Waals surface area contributed by atoms with Gasteiger partial charge in [-0.15, -0.1) is 11.3 Å². The number of thiophene rings is 1. The first-order valence-corrected chi connectivity index (χ1v) is 12.7. The van der Waals surface area contributed by atoms with Crippen LogP contribution in [-0.4, -0.2) is 36.1 Å². The molecule has 0 unspecified atom stereocenters. The zero-order valence-electron chi connectivity index (χ0n) is 17.8. The summed E-state index contributed by atoms with van der Waals surface area (Å²) in [6, 6.07) is 18.2. The Balaban J connectivity index is 1.57. The molecule has 0 radical (unpaired) electrons. The summed E-state index contributed by atoms with van der Waals surface area (Å²) >= 11 is 1.62. The Hall–Kier alpha value is -2.55. The normalized spacial score (nSPS) is 14.0. The van der Waals surface area contributed by atoms with Crippen LogP contribution in [-0.2, 0) is 27.9 Å². The molecular weight excluding hydrogens is 447 g/mol. The number of hydrogen-bond donors (Lipinski definition) is 0. The van der Waals surface area contributed by atoms with Crippen molar-refractivity contribution in [2.45, 2.75) is 43.8 Å². The van der Waals surface area contributed by atoms with E-state index >= 15 is 0 Å². The lowest BCUT2D eigenvalue weighted by Crippen LogP contribution is -2.43. The van der Waals surface area contributed by atoms with E-state index in [4.69, 9.17) is 0 Å². The third-order valence-electron chi connectivity index (χ3n) is 5.38. The second-order valence-corrected chi connectivity index (χ2v) is 11.2. The first kappa shape index (κ1) is 22.6. The van der Waals surface area contributed by atoms with Gasteiger partial charge in [0.25, 0.3) is 0 Å². The predicted octanol–water partition coefficient (Wildman–Crippen LogP) is 4.58. The monoisotopic (exact) mass is 472 g/mol. The number of sulfonamides is 1. The molecule has 0 bridgehead atoms. The van der Waals surface area contributed by atoms with Crippen molar-refractivity contribution in [3.05, 3.63) is 87.9 Å². The quantitative estimate of drug-likeness (QED) is 0.458. The second kappa shape index (κ2) is 9.52. The van der Waals surface area contributed by atoms with Gasteiger partial charge in [0, 0.05) is 22.3 Å². The fraction of sp³-hybridized carbons (Fsp3) is 0.292. The SMILES string of the molecule is Cc1ccc(CN(Cc2ccccc2)C(=O)CN(C2CC2)S(=O)(=O)c2ccc(F)cc2)s1. The highest BCUT2D eigenvalue weighted by atomic mass is 32.2. The summed E-state index contributed by atoms with van der Waals surface area (Å²) < 4.78 is 41.1. The average molecular weight is 473 g/mol. The van der Waals surface area contributed by atoms with Crippen LogP contribution in [0, 0.1) is 12.7 Å². The molecule has 32 heavy (non-hydrogen) atoms. The fourth-order valence-corrected chi connectivity index (χ4v) is 6.08. The van der Waals surface area contributed by atoms with E-state index in [-0.39, 0.29) is 23.4 Å². The van der Waals surface area contributed by atoms with Crippen LogP contribution in [0.4, 0.5) is 4.39 Å². The number of carbonyl (C=O) groups is 1. The summed E-state index contributed by atoms with van der Waals surface area (Å²) in [6.45, 7) is 2.59. The van der Waals surface area contributed by atoms with Crippen molar-refractivity contribution in [2.75, 3.05) is 6.54 Å². The molecule has 0 aliphatic heterocycles. The molecule has 0 atom stereocenters. The summed E-state index contributed by atoms with van der Waals surface area (Å²) in [4.78, 5) is 17.3. The maximum Gasteiger partial charge on any atom is 0.243 e. The molecule has 1 aliphatic rings. The number of hydrogen-bond acceptors (Lipinski definition) is 4. The lowest BCUT2D eigenvalue weighted by Gasteiger charge is -2.27. The smallest absolute Gasteiger partial charge is 0.243 e. The summed E-state index contributed by atoms with van der Waals surface area (Å²) in [6.07, 6.45) is 1.44. The molecule has 0 spiro atoms. The molecule has 0 saturated heterocycles. The Kier molecular flexibility index (Phi) is 6.74. The number of benzene rings is 2. The molecule has 5 nitrogen and oxygen atoms in total. The summed E-state index contributed by atoms with van der Waals surface area (Å²) in [5, 5.41) is 0. The van der Waals surface area contributed by atoms with E-state index < -0.39 is 15.8 Å². The maximum atomic E-state index is 13.4. The standard InChI is InChI=1S/C24H25FN2O3S2/c1-18-7-12-22(31-18)16-26(15-19-5-3-2-4-6-19)24(28)17-27(21-10-11-21)32(29,30)23-13-8-20(25)9-14-23/h2-9,12-14,21H,10-11,15-17H2,1H3. The van der Waals surface area contributed by atoms with Crippen molar-refractivity contribution in [3.8, 4) is 0 Å². The Bertz CT molecular complexity index is 1170. The topological polar surface area (TPSA) is 57.7 Å². The molecule has 3 aromatic rings. The van der Waals surface area contributed by atoms with E-state index in [1.807, 2.05) is 49.4 Å². The number of amides is 1. The van der Waals surface area contributed by atoms with Gasteiger partial charge in [-0.3, -0.25) is 4.79 Å². The van der Waals surface area contributed by atoms with E-state index in [1.165, 1.54) is 16.4 Å². The zero-order chi connectivity index (χ0) is 22.7. The molecule has 4 rings (SSSR count). The van der Waals surface area contributed by atoms with Crippen molar-refractivity contribution in [1.29, 1.82) is 0 Å². The molecule has 0 N–H and O–H groups in total. The minimum absolute atomic E-state index is 0.00194. The molecule has 1 saturated carbocycles. The number of halogens is 1. The highest BCUT2D eigenvalue weighted by Gasteiger charge is 2.40. The van der Waals surface area contributed by atoms with Gasteiger partial charge in [0.15, 0.2) is 0 Å². The van der Waals surface area contributed by atoms with E-state index in [0.29, 0.717) is 13.1 Å². The van der Waals surface area contributed by atoms with Crippen LogP contribution in [0.15, 0.2) is 71.6 Å². The molecule has 1 aromatic heterocycles. The van der Waals surface area contributed by atoms with E-state index in [9.17, 15) is 17.6 Å². The first-order valence-electron chi connectivity index (χ1n) is 10.5. The first-order chi connectivity index (χ1) is 15.3. The lowest BCUT2D eigenvalue weighted by atomic mass is 10.2. The van der Waals surface area contributed by atoms with Crippen LogP contribution in [0.3, 0.4) is 0 Å². The minimum atomic E-state index is -3.90. The van der Waals surface area contributed by atoms with Gasteiger partial charge < -0.3 is 4.90 Å². The maximum absolute atomic E-state index is 13.4. The van der Waals surface area contributed by atoms with Crippen LogP contribution in [0.1, 0.15) is 28.2 Å². The highest BCUT2D eigenvalue weighted by Crippen LogP contribution is 2.32. The van der Waals surface area contributed by atoms with Gasteiger partial charge in [0.05, 0.1) is 18.0 Å². The Labute approximate surface area is 192 Å². The van der Waals surface area contributed by atoms with Crippen molar-refractivity contribution in [1.82, 2.24) is 9.21 Å². The molecule has 168 valence electrons. The third-order valence-corrected chi connectivity index (χ3v) is 8.28. The third kappa shape index (κ3) is 5.43. The summed E-state index contributed by atoms with van der Waals surface area (Å²) in [7, 11) is -3.90. The second-order valence-electron chi connectivity index (χ2n) is 7.98. The Morgan fingerprint density at radius 2 is 1.69 bits per heavy atom. The number of carbonyl (C=O) groups excluding carboxylic acids is 1. The molecule has 1 fully saturated rings. The van der Waals surface area contributed by atoms with Crippen LogP contribution < -0.4 is 0 Å². The van der Waals surface area contributed by atoms with Gasteiger partial charge in [0.1, 0.15) is 5.82 Å². The largest absolute Gasteiger partial charge is 0.332 e. The molecule has 8 heteroatoms. The molecule has 2 aromatic carbocycles. The average Bonchev–Trinajstić information content (AvgIpc) is 3.53. The predicted molar refractivity (Wildman–Crippen MR) is 123 cm³/mol. The molecule has 1 amide bonds. The highest BCUT2D eigenvalue weighted by molar-refractivity contribution is 7.89.